The molecule has 1 saturated heterocycles. The van der Waals surface area contributed by atoms with E-state index in [4.69, 9.17) is 4.42 Å². The van der Waals surface area contributed by atoms with Gasteiger partial charge >= 0.3 is 0 Å². The Morgan fingerprint density at radius 3 is 2.50 bits per heavy atom. The SMILES string of the molecule is CC(=O)c1ccc([Si]2(C)CCCC2)o1. The van der Waals surface area contributed by atoms with Gasteiger partial charge < -0.3 is 4.42 Å². The second-order valence-corrected chi connectivity index (χ2v) is 9.10. The van der Waals surface area contributed by atoms with Gasteiger partial charge in [0, 0.05) is 6.92 Å². The Morgan fingerprint density at radius 1 is 1.36 bits per heavy atom. The summed E-state index contributed by atoms with van der Waals surface area (Å²) in [6, 6.07) is 6.48. The van der Waals surface area contributed by atoms with Crippen LogP contribution in [-0.2, 0) is 0 Å². The Morgan fingerprint density at radius 2 is 2.00 bits per heavy atom. The molecule has 0 aromatic carbocycles. The molecule has 1 fully saturated rings. The molecule has 0 bridgehead atoms. The molecule has 1 aliphatic heterocycles. The van der Waals surface area contributed by atoms with E-state index in [1.54, 1.807) is 6.92 Å². The molecule has 0 N–H and O–H groups in total. The third-order valence-corrected chi connectivity index (χ3v) is 7.63. The fourth-order valence-corrected chi connectivity index (χ4v) is 5.90. The number of carbonyl (C=O) groups is 1. The molecule has 1 aromatic heterocycles. The summed E-state index contributed by atoms with van der Waals surface area (Å²) < 4.78 is 5.64. The molecule has 76 valence electrons. The standard InChI is InChI=1S/C11H16O2Si/c1-9(12)10-5-6-11(13-10)14(2)7-3-4-8-14/h5-6H,3-4,7-8H2,1-2H3. The molecule has 2 rings (SSSR count). The number of furan rings is 1. The first kappa shape index (κ1) is 9.71. The maximum Gasteiger partial charge on any atom is 0.194 e. The van der Waals surface area contributed by atoms with Crippen molar-refractivity contribution in [3.63, 3.8) is 0 Å². The van der Waals surface area contributed by atoms with Crippen molar-refractivity contribution >= 4 is 19.2 Å². The minimum absolute atomic E-state index is 0.0341. The summed E-state index contributed by atoms with van der Waals surface area (Å²) in [5.74, 6) is 0.562. The number of Topliss-reactive ketones (excluding diaryl/α,β-unsaturated/α-hetero) is 1. The number of rotatable bonds is 2. The number of carbonyl (C=O) groups excluding carboxylic acids is 1. The van der Waals surface area contributed by atoms with Crippen molar-refractivity contribution in [1.29, 1.82) is 0 Å². The predicted molar refractivity (Wildman–Crippen MR) is 58.8 cm³/mol. The Bertz CT molecular complexity index is 348. The fourth-order valence-electron chi connectivity index (χ4n) is 2.25. The summed E-state index contributed by atoms with van der Waals surface area (Å²) in [7, 11) is -1.31. The first-order valence-corrected chi connectivity index (χ1v) is 8.14. The normalized spacial score (nSPS) is 19.9. The van der Waals surface area contributed by atoms with Crippen LogP contribution in [0.3, 0.4) is 0 Å². The van der Waals surface area contributed by atoms with Gasteiger partial charge in [0.1, 0.15) is 8.07 Å². The van der Waals surface area contributed by atoms with E-state index in [2.05, 4.69) is 6.55 Å². The molecular weight excluding hydrogens is 192 g/mol. The maximum atomic E-state index is 11.1. The molecule has 2 heterocycles. The van der Waals surface area contributed by atoms with Gasteiger partial charge in [-0.25, -0.2) is 0 Å². The van der Waals surface area contributed by atoms with Gasteiger partial charge in [-0.15, -0.1) is 0 Å². The zero-order chi connectivity index (χ0) is 10.2. The highest BCUT2D eigenvalue weighted by molar-refractivity contribution is 6.90. The zero-order valence-corrected chi connectivity index (χ0v) is 9.80. The molecule has 1 aromatic rings. The summed E-state index contributed by atoms with van der Waals surface area (Å²) in [5.41, 5.74) is 0. The van der Waals surface area contributed by atoms with E-state index in [9.17, 15) is 4.79 Å². The Kier molecular flexibility index (Phi) is 2.35. The van der Waals surface area contributed by atoms with Gasteiger partial charge in [0.15, 0.2) is 11.5 Å². The van der Waals surface area contributed by atoms with Crippen LogP contribution in [0, 0.1) is 0 Å². The van der Waals surface area contributed by atoms with Crippen LogP contribution in [0.1, 0.15) is 30.3 Å². The van der Waals surface area contributed by atoms with Crippen LogP contribution >= 0.6 is 0 Å². The smallest absolute Gasteiger partial charge is 0.194 e. The van der Waals surface area contributed by atoms with Crippen molar-refractivity contribution < 1.29 is 9.21 Å². The molecule has 14 heavy (non-hydrogen) atoms. The summed E-state index contributed by atoms with van der Waals surface area (Å²) in [4.78, 5) is 11.1. The highest BCUT2D eigenvalue weighted by atomic mass is 28.3. The molecule has 2 nitrogen and oxygen atoms in total. The molecular formula is C11H16O2Si. The summed E-state index contributed by atoms with van der Waals surface area (Å²) in [5, 5.41) is 1.13. The van der Waals surface area contributed by atoms with Gasteiger partial charge in [0.05, 0.1) is 5.38 Å². The number of hydrogen-bond donors (Lipinski definition) is 0. The van der Waals surface area contributed by atoms with E-state index in [1.165, 1.54) is 24.9 Å². The molecule has 0 saturated carbocycles. The van der Waals surface area contributed by atoms with Crippen molar-refractivity contribution in [3.05, 3.63) is 17.9 Å². The molecule has 0 spiro atoms. The lowest BCUT2D eigenvalue weighted by Crippen LogP contribution is -2.40. The van der Waals surface area contributed by atoms with E-state index in [0.29, 0.717) is 5.76 Å². The number of ketones is 1. The zero-order valence-electron chi connectivity index (χ0n) is 8.80. The van der Waals surface area contributed by atoms with Gasteiger partial charge in [-0.1, -0.05) is 31.5 Å². The average Bonchev–Trinajstić information content (AvgIpc) is 2.71. The van der Waals surface area contributed by atoms with E-state index in [1.807, 2.05) is 12.1 Å². The predicted octanol–water partition coefficient (Wildman–Crippen LogP) is 2.56. The van der Waals surface area contributed by atoms with Crippen molar-refractivity contribution in [2.45, 2.75) is 38.4 Å². The highest BCUT2D eigenvalue weighted by Gasteiger charge is 2.36. The molecule has 1 aliphatic rings. The van der Waals surface area contributed by atoms with Gasteiger partial charge in [-0.2, -0.15) is 0 Å². The molecule has 0 amide bonds. The van der Waals surface area contributed by atoms with Crippen molar-refractivity contribution in [2.75, 3.05) is 0 Å². The van der Waals surface area contributed by atoms with Crippen LogP contribution in [0.25, 0.3) is 0 Å². The van der Waals surface area contributed by atoms with E-state index in [-0.39, 0.29) is 5.78 Å². The third-order valence-electron chi connectivity index (χ3n) is 3.25. The number of hydrogen-bond acceptors (Lipinski definition) is 2. The highest BCUT2D eigenvalue weighted by Crippen LogP contribution is 2.29. The second kappa shape index (κ2) is 3.39. The minimum Gasteiger partial charge on any atom is -0.463 e. The van der Waals surface area contributed by atoms with Crippen LogP contribution in [0.5, 0.6) is 0 Å². The fraction of sp³-hybridized carbons (Fsp3) is 0.545. The van der Waals surface area contributed by atoms with Crippen molar-refractivity contribution in [1.82, 2.24) is 0 Å². The Hall–Kier alpha value is -0.833. The average molecular weight is 208 g/mol. The van der Waals surface area contributed by atoms with Crippen LogP contribution in [-0.4, -0.2) is 13.9 Å². The first-order valence-electron chi connectivity index (χ1n) is 5.23. The second-order valence-electron chi connectivity index (χ2n) is 4.49. The largest absolute Gasteiger partial charge is 0.463 e. The summed E-state index contributed by atoms with van der Waals surface area (Å²) >= 11 is 0. The van der Waals surface area contributed by atoms with E-state index < -0.39 is 8.07 Å². The molecule has 3 heteroatoms. The van der Waals surface area contributed by atoms with Gasteiger partial charge in [-0.05, 0) is 12.1 Å². The van der Waals surface area contributed by atoms with Crippen LogP contribution < -0.4 is 5.38 Å². The van der Waals surface area contributed by atoms with Crippen molar-refractivity contribution in [2.24, 2.45) is 0 Å². The van der Waals surface area contributed by atoms with Crippen molar-refractivity contribution in [3.8, 4) is 0 Å². The quantitative estimate of drug-likeness (QED) is 0.552. The topological polar surface area (TPSA) is 30.2 Å². The Balaban J connectivity index is 2.28. The van der Waals surface area contributed by atoms with Crippen LogP contribution in [0.15, 0.2) is 16.5 Å². The van der Waals surface area contributed by atoms with Crippen LogP contribution in [0.4, 0.5) is 0 Å². The lowest BCUT2D eigenvalue weighted by atomic mass is 10.3. The first-order chi connectivity index (χ1) is 6.62. The lowest BCUT2D eigenvalue weighted by molar-refractivity contribution is 0.0988. The third kappa shape index (κ3) is 1.56. The minimum atomic E-state index is -1.31. The molecule has 0 aliphatic carbocycles. The van der Waals surface area contributed by atoms with Gasteiger partial charge in [-0.3, -0.25) is 4.79 Å². The van der Waals surface area contributed by atoms with E-state index in [0.717, 1.165) is 5.38 Å². The molecule has 0 atom stereocenters. The molecule has 0 unspecified atom stereocenters. The van der Waals surface area contributed by atoms with Crippen LogP contribution in [0.2, 0.25) is 18.6 Å². The summed E-state index contributed by atoms with van der Waals surface area (Å²) in [6.45, 7) is 3.92. The summed E-state index contributed by atoms with van der Waals surface area (Å²) in [6.07, 6.45) is 2.66. The van der Waals surface area contributed by atoms with E-state index >= 15 is 0 Å². The Labute approximate surface area is 85.3 Å². The lowest BCUT2D eigenvalue weighted by Gasteiger charge is -2.16. The van der Waals surface area contributed by atoms with Gasteiger partial charge in [0.2, 0.25) is 0 Å². The maximum absolute atomic E-state index is 11.1. The molecule has 0 radical (unpaired) electrons. The monoisotopic (exact) mass is 208 g/mol. The van der Waals surface area contributed by atoms with Gasteiger partial charge in [0.25, 0.3) is 0 Å².